The van der Waals surface area contributed by atoms with E-state index in [9.17, 15) is 9.59 Å². The molecule has 8 heteroatoms. The van der Waals surface area contributed by atoms with Crippen LogP contribution in [0.25, 0.3) is 11.3 Å². The fourth-order valence-electron chi connectivity index (χ4n) is 3.69. The zero-order valence-corrected chi connectivity index (χ0v) is 17.4. The molecule has 1 saturated heterocycles. The third-order valence-electron chi connectivity index (χ3n) is 5.30. The van der Waals surface area contributed by atoms with Crippen molar-refractivity contribution in [3.63, 3.8) is 0 Å². The first-order valence-corrected chi connectivity index (χ1v) is 10.4. The van der Waals surface area contributed by atoms with Gasteiger partial charge in [0.15, 0.2) is 0 Å². The van der Waals surface area contributed by atoms with Crippen molar-refractivity contribution in [2.75, 3.05) is 25.0 Å². The number of aromatic amines is 1. The van der Waals surface area contributed by atoms with Crippen LogP contribution in [-0.4, -0.2) is 51.6 Å². The molecule has 1 atom stereocenters. The van der Waals surface area contributed by atoms with Crippen molar-refractivity contribution in [1.29, 1.82) is 0 Å². The van der Waals surface area contributed by atoms with Crippen LogP contribution in [-0.2, 0) is 4.79 Å². The van der Waals surface area contributed by atoms with Crippen LogP contribution in [0.3, 0.4) is 0 Å². The van der Waals surface area contributed by atoms with Gasteiger partial charge in [-0.1, -0.05) is 0 Å². The van der Waals surface area contributed by atoms with Gasteiger partial charge in [-0.3, -0.25) is 19.7 Å². The number of H-pyrrole nitrogens is 1. The molecule has 160 valence electrons. The van der Waals surface area contributed by atoms with Gasteiger partial charge in [0.2, 0.25) is 5.91 Å². The zero-order chi connectivity index (χ0) is 21.6. The number of aromatic nitrogens is 3. The number of nitrogens with zero attached hydrogens (tertiary/aromatic N) is 3. The summed E-state index contributed by atoms with van der Waals surface area (Å²) in [4.78, 5) is 31.4. The lowest BCUT2D eigenvalue weighted by Crippen LogP contribution is -2.43. The minimum atomic E-state index is -0.258. The number of rotatable bonds is 6. The lowest BCUT2D eigenvalue weighted by atomic mass is 9.96. The van der Waals surface area contributed by atoms with E-state index in [1.165, 1.54) is 0 Å². The summed E-state index contributed by atoms with van der Waals surface area (Å²) in [5.74, 6) is 0.280. The van der Waals surface area contributed by atoms with Crippen molar-refractivity contribution in [1.82, 2.24) is 20.1 Å². The van der Waals surface area contributed by atoms with E-state index in [0.29, 0.717) is 36.8 Å². The first-order chi connectivity index (χ1) is 15.1. The second-order valence-electron chi connectivity index (χ2n) is 7.44. The lowest BCUT2D eigenvalue weighted by Gasteiger charge is -2.31. The highest BCUT2D eigenvalue weighted by Crippen LogP contribution is 2.23. The second-order valence-corrected chi connectivity index (χ2v) is 7.44. The largest absolute Gasteiger partial charge is 0.494 e. The van der Waals surface area contributed by atoms with Crippen LogP contribution in [0, 0.1) is 5.92 Å². The summed E-state index contributed by atoms with van der Waals surface area (Å²) in [6.45, 7) is 3.52. The molecular weight excluding hydrogens is 394 g/mol. The van der Waals surface area contributed by atoms with Gasteiger partial charge in [0, 0.05) is 36.7 Å². The van der Waals surface area contributed by atoms with Crippen molar-refractivity contribution in [2.45, 2.75) is 19.8 Å². The maximum Gasteiger partial charge on any atom is 0.271 e. The van der Waals surface area contributed by atoms with Crippen molar-refractivity contribution in [2.24, 2.45) is 5.92 Å². The predicted octanol–water partition coefficient (Wildman–Crippen LogP) is 3.36. The molecule has 2 amide bonds. The molecule has 4 rings (SSSR count). The molecule has 0 aliphatic carbocycles. The summed E-state index contributed by atoms with van der Waals surface area (Å²) in [5.41, 5.74) is 2.70. The van der Waals surface area contributed by atoms with E-state index < -0.39 is 0 Å². The van der Waals surface area contributed by atoms with Crippen LogP contribution in [0.2, 0.25) is 0 Å². The Morgan fingerprint density at radius 2 is 1.97 bits per heavy atom. The Morgan fingerprint density at radius 1 is 1.19 bits per heavy atom. The topological polar surface area (TPSA) is 100 Å². The normalized spacial score (nSPS) is 16.0. The number of likely N-dealkylation sites (tertiary alicyclic amines) is 1. The first-order valence-electron chi connectivity index (χ1n) is 10.4. The number of hydrogen-bond acceptors (Lipinski definition) is 5. The molecule has 1 fully saturated rings. The van der Waals surface area contributed by atoms with Gasteiger partial charge in [0.25, 0.3) is 5.91 Å². The standard InChI is InChI=1S/C23H25N5O3/c1-2-31-19-7-5-18(6-8-19)25-22(29)17-4-3-13-28(15-17)23(30)21-14-20(26-27-21)16-9-11-24-12-10-16/h5-12,14,17H,2-4,13,15H2,1H3,(H,25,29)(H,26,27)/t17-/m1/s1. The number of anilines is 1. The van der Waals surface area contributed by atoms with E-state index in [-0.39, 0.29) is 17.7 Å². The molecule has 0 spiro atoms. The molecule has 31 heavy (non-hydrogen) atoms. The molecule has 0 saturated carbocycles. The number of carbonyl (C=O) groups excluding carboxylic acids is 2. The molecule has 0 bridgehead atoms. The number of hydrogen-bond donors (Lipinski definition) is 2. The van der Waals surface area contributed by atoms with Crippen LogP contribution >= 0.6 is 0 Å². The summed E-state index contributed by atoms with van der Waals surface area (Å²) >= 11 is 0. The van der Waals surface area contributed by atoms with Crippen LogP contribution in [0.1, 0.15) is 30.3 Å². The fourth-order valence-corrected chi connectivity index (χ4v) is 3.69. The molecule has 1 aromatic carbocycles. The Bertz CT molecular complexity index is 1030. The summed E-state index contributed by atoms with van der Waals surface area (Å²) in [7, 11) is 0. The van der Waals surface area contributed by atoms with Gasteiger partial charge in [-0.05, 0) is 62.2 Å². The van der Waals surface area contributed by atoms with Gasteiger partial charge in [0.05, 0.1) is 18.2 Å². The van der Waals surface area contributed by atoms with Gasteiger partial charge < -0.3 is 15.0 Å². The molecule has 1 aliphatic heterocycles. The average Bonchev–Trinajstić information content (AvgIpc) is 3.31. The van der Waals surface area contributed by atoms with E-state index in [2.05, 4.69) is 20.5 Å². The molecule has 3 heterocycles. The van der Waals surface area contributed by atoms with Crippen LogP contribution in [0.5, 0.6) is 5.75 Å². The minimum absolute atomic E-state index is 0.0799. The third kappa shape index (κ3) is 4.91. The van der Waals surface area contributed by atoms with Crippen LogP contribution in [0.4, 0.5) is 5.69 Å². The van der Waals surface area contributed by atoms with Gasteiger partial charge >= 0.3 is 0 Å². The molecule has 0 radical (unpaired) electrons. The van der Waals surface area contributed by atoms with Gasteiger partial charge in [-0.25, -0.2) is 0 Å². The van der Waals surface area contributed by atoms with Crippen molar-refractivity contribution >= 4 is 17.5 Å². The summed E-state index contributed by atoms with van der Waals surface area (Å²) in [5, 5.41) is 10.0. The lowest BCUT2D eigenvalue weighted by molar-refractivity contribution is -0.121. The average molecular weight is 419 g/mol. The van der Waals surface area contributed by atoms with Crippen molar-refractivity contribution in [3.8, 4) is 17.0 Å². The number of benzene rings is 1. The molecule has 8 nitrogen and oxygen atoms in total. The van der Waals surface area contributed by atoms with Crippen LogP contribution in [0.15, 0.2) is 54.9 Å². The zero-order valence-electron chi connectivity index (χ0n) is 17.4. The molecule has 2 N–H and O–H groups in total. The highest BCUT2D eigenvalue weighted by molar-refractivity contribution is 5.95. The monoisotopic (exact) mass is 419 g/mol. The smallest absolute Gasteiger partial charge is 0.271 e. The van der Waals surface area contributed by atoms with Gasteiger partial charge in [-0.15, -0.1) is 0 Å². The van der Waals surface area contributed by atoms with Crippen molar-refractivity contribution < 1.29 is 14.3 Å². The minimum Gasteiger partial charge on any atom is -0.494 e. The first kappa shape index (κ1) is 20.6. The van der Waals surface area contributed by atoms with Gasteiger partial charge in [-0.2, -0.15) is 5.10 Å². The maximum absolute atomic E-state index is 13.0. The predicted molar refractivity (Wildman–Crippen MR) is 117 cm³/mol. The third-order valence-corrected chi connectivity index (χ3v) is 5.30. The van der Waals surface area contributed by atoms with Gasteiger partial charge in [0.1, 0.15) is 11.4 Å². The molecule has 0 unspecified atom stereocenters. The fraction of sp³-hybridized carbons (Fsp3) is 0.304. The number of amides is 2. The van der Waals surface area contributed by atoms with Crippen molar-refractivity contribution in [3.05, 3.63) is 60.6 Å². The Labute approximate surface area is 180 Å². The van der Waals surface area contributed by atoms with E-state index in [4.69, 9.17) is 4.74 Å². The Hall–Kier alpha value is -3.68. The summed E-state index contributed by atoms with van der Waals surface area (Å²) < 4.78 is 5.43. The number of pyridine rings is 1. The highest BCUT2D eigenvalue weighted by Gasteiger charge is 2.29. The molecule has 1 aliphatic rings. The molecule has 3 aromatic rings. The summed E-state index contributed by atoms with van der Waals surface area (Å²) in [6, 6.07) is 12.7. The number of carbonyl (C=O) groups is 2. The number of piperidine rings is 1. The van der Waals surface area contributed by atoms with E-state index >= 15 is 0 Å². The highest BCUT2D eigenvalue weighted by atomic mass is 16.5. The summed E-state index contributed by atoms with van der Waals surface area (Å²) in [6.07, 6.45) is 4.89. The maximum atomic E-state index is 13.0. The van der Waals surface area contributed by atoms with Crippen LogP contribution < -0.4 is 10.1 Å². The quantitative estimate of drug-likeness (QED) is 0.638. The van der Waals surface area contributed by atoms with E-state index in [0.717, 1.165) is 24.2 Å². The number of nitrogens with one attached hydrogen (secondary N) is 2. The number of ether oxygens (including phenoxy) is 1. The Morgan fingerprint density at radius 3 is 2.71 bits per heavy atom. The molecule has 2 aromatic heterocycles. The molecular formula is C23H25N5O3. The Kier molecular flexibility index (Phi) is 6.26. The SMILES string of the molecule is CCOc1ccc(NC(=O)[C@@H]2CCCN(C(=O)c3cc(-c4ccncc4)n[nH]3)C2)cc1. The Balaban J connectivity index is 1.38. The van der Waals surface area contributed by atoms with E-state index in [1.54, 1.807) is 23.4 Å². The second kappa shape index (κ2) is 9.42. The van der Waals surface area contributed by atoms with E-state index in [1.807, 2.05) is 43.3 Å².